The van der Waals surface area contributed by atoms with Crippen molar-refractivity contribution in [3.63, 3.8) is 0 Å². The Hall–Kier alpha value is -1.85. The Labute approximate surface area is 120 Å². The molecule has 0 aliphatic carbocycles. The van der Waals surface area contributed by atoms with Crippen LogP contribution in [0.4, 0.5) is 0 Å². The number of aromatic nitrogens is 2. The van der Waals surface area contributed by atoms with Gasteiger partial charge in [0.25, 0.3) is 0 Å². The Kier molecular flexibility index (Phi) is 6.21. The van der Waals surface area contributed by atoms with E-state index in [4.69, 9.17) is 0 Å². The van der Waals surface area contributed by atoms with Gasteiger partial charge in [0.05, 0.1) is 12.0 Å². The Morgan fingerprint density at radius 1 is 1.40 bits per heavy atom. The zero-order chi connectivity index (χ0) is 15.1. The average Bonchev–Trinajstić information content (AvgIpc) is 2.69. The van der Waals surface area contributed by atoms with Gasteiger partial charge in [-0.2, -0.15) is 0 Å². The van der Waals surface area contributed by atoms with Gasteiger partial charge in [-0.15, -0.1) is 0 Å². The van der Waals surface area contributed by atoms with Crippen LogP contribution < -0.4 is 10.6 Å². The molecule has 0 fully saturated rings. The van der Waals surface area contributed by atoms with Gasteiger partial charge in [0.2, 0.25) is 11.8 Å². The fourth-order valence-corrected chi connectivity index (χ4v) is 2.00. The number of amides is 2. The summed E-state index contributed by atoms with van der Waals surface area (Å²) in [5.41, 5.74) is 2.10. The van der Waals surface area contributed by atoms with E-state index in [1.165, 1.54) is 6.92 Å². The molecule has 1 aromatic heterocycles. The Morgan fingerprint density at radius 3 is 2.60 bits per heavy atom. The van der Waals surface area contributed by atoms with Crippen molar-refractivity contribution in [3.05, 3.63) is 17.7 Å². The lowest BCUT2D eigenvalue weighted by Crippen LogP contribution is -2.46. The maximum atomic E-state index is 12.0. The first-order valence-electron chi connectivity index (χ1n) is 6.98. The average molecular weight is 280 g/mol. The van der Waals surface area contributed by atoms with E-state index in [1.807, 2.05) is 25.3 Å². The molecule has 0 aliphatic rings. The van der Waals surface area contributed by atoms with Crippen molar-refractivity contribution >= 4 is 11.8 Å². The first kappa shape index (κ1) is 16.2. The molecule has 0 radical (unpaired) electrons. The second-order valence-electron chi connectivity index (χ2n) is 4.94. The van der Waals surface area contributed by atoms with Gasteiger partial charge in [-0.25, -0.2) is 4.98 Å². The molecule has 1 heterocycles. The maximum absolute atomic E-state index is 12.0. The van der Waals surface area contributed by atoms with E-state index in [0.29, 0.717) is 19.5 Å². The minimum Gasteiger partial charge on any atom is -0.353 e. The number of imidazole rings is 1. The van der Waals surface area contributed by atoms with Crippen LogP contribution in [-0.4, -0.2) is 34.0 Å². The van der Waals surface area contributed by atoms with Gasteiger partial charge in [0.15, 0.2) is 0 Å². The number of hydrogen-bond donors (Lipinski definition) is 2. The lowest BCUT2D eigenvalue weighted by molar-refractivity contribution is -0.128. The molecule has 6 nitrogen and oxygen atoms in total. The van der Waals surface area contributed by atoms with Crippen LogP contribution in [0.25, 0.3) is 0 Å². The van der Waals surface area contributed by atoms with Gasteiger partial charge in [-0.05, 0) is 20.3 Å². The highest BCUT2D eigenvalue weighted by molar-refractivity contribution is 5.86. The van der Waals surface area contributed by atoms with E-state index >= 15 is 0 Å². The van der Waals surface area contributed by atoms with Crippen LogP contribution in [0.2, 0.25) is 0 Å². The summed E-state index contributed by atoms with van der Waals surface area (Å²) in [4.78, 5) is 27.3. The van der Waals surface area contributed by atoms with Gasteiger partial charge in [-0.3, -0.25) is 9.59 Å². The molecular weight excluding hydrogens is 256 g/mol. The second-order valence-corrected chi connectivity index (χ2v) is 4.94. The molecule has 6 heteroatoms. The predicted molar refractivity (Wildman–Crippen MR) is 77.2 cm³/mol. The summed E-state index contributed by atoms with van der Waals surface area (Å²) in [6, 6.07) is -0.442. The van der Waals surface area contributed by atoms with E-state index < -0.39 is 6.04 Å². The highest BCUT2D eigenvalue weighted by Gasteiger charge is 2.17. The normalized spacial score (nSPS) is 12.0. The van der Waals surface area contributed by atoms with Gasteiger partial charge in [-0.1, -0.05) is 13.3 Å². The number of rotatable bonds is 7. The van der Waals surface area contributed by atoms with Crippen LogP contribution in [0.5, 0.6) is 0 Å². The van der Waals surface area contributed by atoms with Crippen molar-refractivity contribution in [2.45, 2.75) is 53.1 Å². The van der Waals surface area contributed by atoms with Crippen molar-refractivity contribution in [2.24, 2.45) is 0 Å². The number of carbonyl (C=O) groups is 2. The van der Waals surface area contributed by atoms with Crippen LogP contribution in [-0.2, 0) is 16.1 Å². The molecule has 0 saturated heterocycles. The zero-order valence-electron chi connectivity index (χ0n) is 12.7. The van der Waals surface area contributed by atoms with Gasteiger partial charge < -0.3 is 15.2 Å². The quantitative estimate of drug-likeness (QED) is 0.780. The Bertz CT molecular complexity index is 468. The molecule has 1 atom stereocenters. The summed E-state index contributed by atoms with van der Waals surface area (Å²) in [6.07, 6.45) is 3.26. The molecule has 1 aromatic rings. The molecule has 0 unspecified atom stereocenters. The SMILES string of the molecule is CCC[C@@H](NC(C)=O)C(=O)NCCn1cnc(C)c1C. The van der Waals surface area contributed by atoms with Crippen molar-refractivity contribution in [1.29, 1.82) is 0 Å². The molecular formula is C14H24N4O2. The third kappa shape index (κ3) is 4.68. The zero-order valence-corrected chi connectivity index (χ0v) is 12.7. The van der Waals surface area contributed by atoms with Crippen molar-refractivity contribution in [3.8, 4) is 0 Å². The lowest BCUT2D eigenvalue weighted by Gasteiger charge is -2.17. The van der Waals surface area contributed by atoms with Crippen LogP contribution >= 0.6 is 0 Å². The molecule has 0 saturated carbocycles. The van der Waals surface area contributed by atoms with Crippen molar-refractivity contribution < 1.29 is 9.59 Å². The highest BCUT2D eigenvalue weighted by Crippen LogP contribution is 2.03. The first-order valence-corrected chi connectivity index (χ1v) is 6.98. The largest absolute Gasteiger partial charge is 0.353 e. The third-order valence-corrected chi connectivity index (χ3v) is 3.27. The topological polar surface area (TPSA) is 76.0 Å². The smallest absolute Gasteiger partial charge is 0.242 e. The minimum absolute atomic E-state index is 0.128. The van der Waals surface area contributed by atoms with Gasteiger partial charge >= 0.3 is 0 Å². The van der Waals surface area contributed by atoms with Gasteiger partial charge in [0.1, 0.15) is 6.04 Å². The summed E-state index contributed by atoms with van der Waals surface area (Å²) in [6.45, 7) is 8.57. The van der Waals surface area contributed by atoms with Crippen molar-refractivity contribution in [1.82, 2.24) is 20.2 Å². The standard InChI is InChI=1S/C14H24N4O2/c1-5-6-13(17-12(4)19)14(20)15-7-8-18-9-16-10(2)11(18)3/h9,13H,5-8H2,1-4H3,(H,15,20)(H,17,19)/t13-/m1/s1. The number of aryl methyl sites for hydroxylation is 1. The van der Waals surface area contributed by atoms with Gasteiger partial charge in [0, 0.05) is 25.7 Å². The molecule has 1 rings (SSSR count). The molecule has 112 valence electrons. The lowest BCUT2D eigenvalue weighted by atomic mass is 10.1. The molecule has 20 heavy (non-hydrogen) atoms. The molecule has 0 spiro atoms. The summed E-state index contributed by atoms with van der Waals surface area (Å²) >= 11 is 0. The number of carbonyl (C=O) groups excluding carboxylic acids is 2. The molecule has 2 amide bonds. The fraction of sp³-hybridized carbons (Fsp3) is 0.643. The number of nitrogens with one attached hydrogen (secondary N) is 2. The fourth-order valence-electron chi connectivity index (χ4n) is 2.00. The summed E-state index contributed by atoms with van der Waals surface area (Å²) < 4.78 is 2.00. The second kappa shape index (κ2) is 7.67. The number of hydrogen-bond acceptors (Lipinski definition) is 3. The van der Waals surface area contributed by atoms with E-state index in [2.05, 4.69) is 15.6 Å². The van der Waals surface area contributed by atoms with E-state index in [0.717, 1.165) is 17.8 Å². The van der Waals surface area contributed by atoms with E-state index in [1.54, 1.807) is 6.33 Å². The minimum atomic E-state index is -0.442. The van der Waals surface area contributed by atoms with E-state index in [-0.39, 0.29) is 11.8 Å². The number of nitrogens with zero attached hydrogens (tertiary/aromatic N) is 2. The predicted octanol–water partition coefficient (Wildman–Crippen LogP) is 0.921. The Morgan fingerprint density at radius 2 is 2.10 bits per heavy atom. The highest BCUT2D eigenvalue weighted by atomic mass is 16.2. The summed E-state index contributed by atoms with van der Waals surface area (Å²) in [5.74, 6) is -0.309. The maximum Gasteiger partial charge on any atom is 0.242 e. The van der Waals surface area contributed by atoms with Crippen LogP contribution in [0.3, 0.4) is 0 Å². The molecule has 0 aliphatic heterocycles. The summed E-state index contributed by atoms with van der Waals surface area (Å²) in [7, 11) is 0. The van der Waals surface area contributed by atoms with E-state index in [9.17, 15) is 9.59 Å². The monoisotopic (exact) mass is 280 g/mol. The van der Waals surface area contributed by atoms with Crippen LogP contribution in [0, 0.1) is 13.8 Å². The van der Waals surface area contributed by atoms with Crippen LogP contribution in [0.1, 0.15) is 38.1 Å². The molecule has 0 bridgehead atoms. The Balaban J connectivity index is 2.44. The molecule has 0 aromatic carbocycles. The molecule has 2 N–H and O–H groups in total. The van der Waals surface area contributed by atoms with Crippen molar-refractivity contribution in [2.75, 3.05) is 6.54 Å². The summed E-state index contributed by atoms with van der Waals surface area (Å²) in [5, 5.41) is 5.53. The first-order chi connectivity index (χ1) is 9.45. The third-order valence-electron chi connectivity index (χ3n) is 3.27. The van der Waals surface area contributed by atoms with Crippen LogP contribution in [0.15, 0.2) is 6.33 Å².